The Morgan fingerprint density at radius 1 is 1.07 bits per heavy atom. The number of benzene rings is 1. The maximum absolute atomic E-state index is 8.65. The van der Waals surface area contributed by atoms with Gasteiger partial charge in [0.15, 0.2) is 0 Å². The lowest BCUT2D eigenvalue weighted by Gasteiger charge is -2.19. The number of aliphatic hydroxyl groups is 1. The van der Waals surface area contributed by atoms with Crippen LogP contribution in [0.3, 0.4) is 0 Å². The first-order valence-electron chi connectivity index (χ1n) is 4.71. The summed E-state index contributed by atoms with van der Waals surface area (Å²) in [6.45, 7) is 0.193. The van der Waals surface area contributed by atoms with Gasteiger partial charge in [0.1, 0.15) is 4.33 Å². The van der Waals surface area contributed by atoms with E-state index in [0.29, 0.717) is 6.42 Å². The van der Waals surface area contributed by atoms with Gasteiger partial charge in [-0.05, 0) is 24.8 Å². The van der Waals surface area contributed by atoms with Gasteiger partial charge in [0.25, 0.3) is 0 Å². The third kappa shape index (κ3) is 3.49. The normalized spacial score (nSPS) is 11.6. The highest BCUT2D eigenvalue weighted by molar-refractivity contribution is 6.47. The van der Waals surface area contributed by atoms with Gasteiger partial charge in [0.05, 0.1) is 0 Å². The van der Waals surface area contributed by atoms with E-state index in [4.69, 9.17) is 28.3 Å². The predicted molar refractivity (Wildman–Crippen MR) is 60.8 cm³/mol. The van der Waals surface area contributed by atoms with Crippen molar-refractivity contribution in [2.45, 2.75) is 23.6 Å². The maximum Gasteiger partial charge on any atom is 0.143 e. The van der Waals surface area contributed by atoms with Crippen molar-refractivity contribution in [3.63, 3.8) is 0 Å². The Labute approximate surface area is 94.7 Å². The summed E-state index contributed by atoms with van der Waals surface area (Å²) >= 11 is 12.4. The molecule has 0 radical (unpaired) electrons. The zero-order valence-corrected chi connectivity index (χ0v) is 9.43. The van der Waals surface area contributed by atoms with Gasteiger partial charge in [0.2, 0.25) is 0 Å². The van der Waals surface area contributed by atoms with E-state index in [-0.39, 0.29) is 6.61 Å². The van der Waals surface area contributed by atoms with Crippen molar-refractivity contribution in [1.29, 1.82) is 0 Å². The minimum atomic E-state index is -0.823. The fourth-order valence-corrected chi connectivity index (χ4v) is 1.80. The van der Waals surface area contributed by atoms with Gasteiger partial charge in [-0.2, -0.15) is 0 Å². The largest absolute Gasteiger partial charge is 0.396 e. The summed E-state index contributed by atoms with van der Waals surface area (Å²) in [6.07, 6.45) is 2.24. The number of hydrogen-bond acceptors (Lipinski definition) is 1. The molecule has 1 rings (SSSR count). The van der Waals surface area contributed by atoms with Gasteiger partial charge in [0, 0.05) is 6.61 Å². The van der Waals surface area contributed by atoms with Crippen LogP contribution in [0.4, 0.5) is 0 Å². The molecule has 0 aliphatic rings. The van der Waals surface area contributed by atoms with Crippen LogP contribution in [0, 0.1) is 0 Å². The van der Waals surface area contributed by atoms with E-state index in [1.807, 2.05) is 30.3 Å². The molecule has 0 aliphatic heterocycles. The standard InChI is InChI=1S/C11H14Cl2O/c12-11(13,8-4-5-9-14)10-6-2-1-3-7-10/h1-3,6-7,14H,4-5,8-9H2. The summed E-state index contributed by atoms with van der Waals surface area (Å²) in [6, 6.07) is 9.60. The molecule has 1 aromatic rings. The number of halogens is 2. The van der Waals surface area contributed by atoms with Crippen LogP contribution in [-0.4, -0.2) is 11.7 Å². The van der Waals surface area contributed by atoms with Crippen LogP contribution < -0.4 is 0 Å². The molecule has 0 unspecified atom stereocenters. The van der Waals surface area contributed by atoms with Crippen LogP contribution in [0.1, 0.15) is 24.8 Å². The number of unbranched alkanes of at least 4 members (excludes halogenated alkanes) is 1. The quantitative estimate of drug-likeness (QED) is 0.609. The smallest absolute Gasteiger partial charge is 0.143 e. The van der Waals surface area contributed by atoms with Crippen molar-refractivity contribution >= 4 is 23.2 Å². The third-order valence-electron chi connectivity index (χ3n) is 2.10. The fraction of sp³-hybridized carbons (Fsp3) is 0.455. The monoisotopic (exact) mass is 232 g/mol. The van der Waals surface area contributed by atoms with Crippen LogP contribution in [0.15, 0.2) is 30.3 Å². The van der Waals surface area contributed by atoms with E-state index in [2.05, 4.69) is 0 Å². The Balaban J connectivity index is 2.56. The Morgan fingerprint density at radius 3 is 2.29 bits per heavy atom. The highest BCUT2D eigenvalue weighted by Gasteiger charge is 2.25. The number of rotatable bonds is 5. The SMILES string of the molecule is OCCCCC(Cl)(Cl)c1ccccc1. The molecule has 0 amide bonds. The Morgan fingerprint density at radius 2 is 1.71 bits per heavy atom. The lowest BCUT2D eigenvalue weighted by molar-refractivity contribution is 0.282. The molecule has 1 aromatic carbocycles. The van der Waals surface area contributed by atoms with Crippen molar-refractivity contribution in [2.75, 3.05) is 6.61 Å². The molecule has 0 aliphatic carbocycles. The fourth-order valence-electron chi connectivity index (χ4n) is 1.29. The molecule has 0 saturated carbocycles. The molecule has 0 saturated heterocycles. The van der Waals surface area contributed by atoms with Gasteiger partial charge < -0.3 is 5.11 Å². The highest BCUT2D eigenvalue weighted by Crippen LogP contribution is 2.38. The molecule has 0 aromatic heterocycles. The first kappa shape index (κ1) is 11.8. The Hall–Kier alpha value is -0.240. The summed E-state index contributed by atoms with van der Waals surface area (Å²) < 4.78 is -0.823. The van der Waals surface area contributed by atoms with Gasteiger partial charge in [-0.25, -0.2) is 0 Å². The Bertz CT molecular complexity index is 259. The summed E-state index contributed by atoms with van der Waals surface area (Å²) in [7, 11) is 0. The molecular weight excluding hydrogens is 219 g/mol. The van der Waals surface area contributed by atoms with Crippen LogP contribution in [-0.2, 0) is 4.33 Å². The third-order valence-corrected chi connectivity index (χ3v) is 2.91. The maximum atomic E-state index is 8.65. The van der Waals surface area contributed by atoms with E-state index in [9.17, 15) is 0 Å². The van der Waals surface area contributed by atoms with E-state index in [0.717, 1.165) is 18.4 Å². The van der Waals surface area contributed by atoms with Crippen LogP contribution in [0.2, 0.25) is 0 Å². The molecule has 0 atom stereocenters. The average Bonchev–Trinajstić information content (AvgIpc) is 2.19. The second-order valence-electron chi connectivity index (χ2n) is 3.25. The van der Waals surface area contributed by atoms with Crippen molar-refractivity contribution < 1.29 is 5.11 Å². The molecule has 0 fully saturated rings. The van der Waals surface area contributed by atoms with Crippen LogP contribution in [0.25, 0.3) is 0 Å². The number of hydrogen-bond donors (Lipinski definition) is 1. The van der Waals surface area contributed by atoms with Crippen LogP contribution in [0.5, 0.6) is 0 Å². The lowest BCUT2D eigenvalue weighted by Crippen LogP contribution is -2.10. The Kier molecular flexibility index (Phi) is 4.73. The van der Waals surface area contributed by atoms with Gasteiger partial charge in [-0.1, -0.05) is 53.5 Å². The van der Waals surface area contributed by atoms with E-state index >= 15 is 0 Å². The molecule has 1 N–H and O–H groups in total. The molecule has 0 heterocycles. The predicted octanol–water partition coefficient (Wildman–Crippen LogP) is 3.48. The zero-order chi connectivity index (χ0) is 10.4. The minimum Gasteiger partial charge on any atom is -0.396 e. The lowest BCUT2D eigenvalue weighted by atomic mass is 10.1. The van der Waals surface area contributed by atoms with Crippen molar-refractivity contribution in [3.8, 4) is 0 Å². The molecule has 0 bridgehead atoms. The van der Waals surface area contributed by atoms with Gasteiger partial charge >= 0.3 is 0 Å². The van der Waals surface area contributed by atoms with Crippen molar-refractivity contribution in [3.05, 3.63) is 35.9 Å². The molecule has 14 heavy (non-hydrogen) atoms. The zero-order valence-electron chi connectivity index (χ0n) is 7.92. The van der Waals surface area contributed by atoms with Crippen molar-refractivity contribution in [1.82, 2.24) is 0 Å². The second kappa shape index (κ2) is 5.59. The highest BCUT2D eigenvalue weighted by atomic mass is 35.5. The second-order valence-corrected chi connectivity index (χ2v) is 4.74. The van der Waals surface area contributed by atoms with E-state index < -0.39 is 4.33 Å². The minimum absolute atomic E-state index is 0.193. The molecular formula is C11H14Cl2O. The molecule has 3 heteroatoms. The van der Waals surface area contributed by atoms with Crippen LogP contribution >= 0.6 is 23.2 Å². The first-order valence-corrected chi connectivity index (χ1v) is 5.46. The van der Waals surface area contributed by atoms with Gasteiger partial charge in [-0.15, -0.1) is 0 Å². The molecule has 1 nitrogen and oxygen atoms in total. The number of alkyl halides is 2. The molecule has 78 valence electrons. The first-order chi connectivity index (χ1) is 6.67. The number of aliphatic hydroxyl groups excluding tert-OH is 1. The summed E-state index contributed by atoms with van der Waals surface area (Å²) in [4.78, 5) is 0. The van der Waals surface area contributed by atoms with Gasteiger partial charge in [-0.3, -0.25) is 0 Å². The van der Waals surface area contributed by atoms with E-state index in [1.165, 1.54) is 0 Å². The average molecular weight is 233 g/mol. The summed E-state index contributed by atoms with van der Waals surface area (Å²) in [5, 5.41) is 8.65. The van der Waals surface area contributed by atoms with Crippen molar-refractivity contribution in [2.24, 2.45) is 0 Å². The summed E-state index contributed by atoms with van der Waals surface area (Å²) in [5.74, 6) is 0. The summed E-state index contributed by atoms with van der Waals surface area (Å²) in [5.41, 5.74) is 0.918. The molecule has 0 spiro atoms. The van der Waals surface area contributed by atoms with E-state index in [1.54, 1.807) is 0 Å². The topological polar surface area (TPSA) is 20.2 Å².